The third kappa shape index (κ3) is 2.82. The van der Waals surface area contributed by atoms with Crippen molar-refractivity contribution >= 4 is 11.3 Å². The van der Waals surface area contributed by atoms with Gasteiger partial charge in [0.05, 0.1) is 0 Å². The monoisotopic (exact) mass is 223 g/mol. The van der Waals surface area contributed by atoms with E-state index in [0.717, 1.165) is 18.5 Å². The van der Waals surface area contributed by atoms with Gasteiger partial charge in [0.2, 0.25) is 0 Å². The Bertz CT molecular complexity index is 329. The number of rotatable bonds is 5. The third-order valence-corrected chi connectivity index (χ3v) is 4.29. The summed E-state index contributed by atoms with van der Waals surface area (Å²) in [6.07, 6.45) is 4.13. The Morgan fingerprint density at radius 2 is 2.27 bits per heavy atom. The van der Waals surface area contributed by atoms with Crippen LogP contribution in [0.4, 0.5) is 0 Å². The standard InChI is InChI=1S/C13H21NS/c1-4-5-11-7-13(11)14-8-12-6-9(2)15-10(12)3/h6,11,13-14H,4-5,7-8H2,1-3H3. The first kappa shape index (κ1) is 11.2. The maximum Gasteiger partial charge on any atom is 0.0219 e. The lowest BCUT2D eigenvalue weighted by Gasteiger charge is -2.03. The quantitative estimate of drug-likeness (QED) is 0.803. The average molecular weight is 223 g/mol. The van der Waals surface area contributed by atoms with E-state index < -0.39 is 0 Å². The summed E-state index contributed by atoms with van der Waals surface area (Å²) >= 11 is 1.91. The molecule has 0 saturated heterocycles. The van der Waals surface area contributed by atoms with Crippen LogP contribution in [0.25, 0.3) is 0 Å². The van der Waals surface area contributed by atoms with Gasteiger partial charge in [0, 0.05) is 22.3 Å². The summed E-state index contributed by atoms with van der Waals surface area (Å²) in [5.41, 5.74) is 1.50. The maximum atomic E-state index is 3.67. The highest BCUT2D eigenvalue weighted by molar-refractivity contribution is 7.12. The van der Waals surface area contributed by atoms with Crippen LogP contribution in [0.5, 0.6) is 0 Å². The molecule has 1 N–H and O–H groups in total. The minimum atomic E-state index is 0.810. The van der Waals surface area contributed by atoms with Gasteiger partial charge in [-0.2, -0.15) is 0 Å². The van der Waals surface area contributed by atoms with E-state index in [1.165, 1.54) is 34.6 Å². The topological polar surface area (TPSA) is 12.0 Å². The fourth-order valence-corrected chi connectivity index (χ4v) is 3.23. The molecule has 0 aromatic carbocycles. The number of aryl methyl sites for hydroxylation is 2. The Morgan fingerprint density at radius 1 is 1.47 bits per heavy atom. The van der Waals surface area contributed by atoms with Gasteiger partial charge in [-0.3, -0.25) is 0 Å². The van der Waals surface area contributed by atoms with Crippen LogP contribution in [0.2, 0.25) is 0 Å². The second kappa shape index (κ2) is 4.67. The van der Waals surface area contributed by atoms with E-state index in [4.69, 9.17) is 0 Å². The first-order valence-corrected chi connectivity index (χ1v) is 6.81. The van der Waals surface area contributed by atoms with E-state index in [2.05, 4.69) is 32.2 Å². The summed E-state index contributed by atoms with van der Waals surface area (Å²) in [6, 6.07) is 3.13. The Morgan fingerprint density at radius 3 is 2.87 bits per heavy atom. The maximum absolute atomic E-state index is 3.67. The van der Waals surface area contributed by atoms with Crippen molar-refractivity contribution in [1.29, 1.82) is 0 Å². The van der Waals surface area contributed by atoms with E-state index in [9.17, 15) is 0 Å². The SMILES string of the molecule is CCCC1CC1NCc1cc(C)sc1C. The third-order valence-electron chi connectivity index (χ3n) is 3.28. The van der Waals surface area contributed by atoms with Gasteiger partial charge in [-0.15, -0.1) is 11.3 Å². The Balaban J connectivity index is 1.77. The molecule has 1 aromatic heterocycles. The van der Waals surface area contributed by atoms with Crippen LogP contribution in [0, 0.1) is 19.8 Å². The molecule has 2 heteroatoms. The lowest BCUT2D eigenvalue weighted by molar-refractivity contribution is 0.599. The Labute approximate surface area is 96.9 Å². The van der Waals surface area contributed by atoms with Crippen molar-refractivity contribution in [3.05, 3.63) is 21.4 Å². The van der Waals surface area contributed by atoms with Crippen molar-refractivity contribution < 1.29 is 0 Å². The van der Waals surface area contributed by atoms with Crippen molar-refractivity contribution in [1.82, 2.24) is 5.32 Å². The summed E-state index contributed by atoms with van der Waals surface area (Å²) in [4.78, 5) is 2.91. The summed E-state index contributed by atoms with van der Waals surface area (Å²) in [7, 11) is 0. The predicted octanol–water partition coefficient (Wildman–Crippen LogP) is 3.64. The molecule has 0 bridgehead atoms. The second-order valence-corrected chi connectivity index (χ2v) is 6.17. The van der Waals surface area contributed by atoms with Gasteiger partial charge < -0.3 is 5.32 Å². The van der Waals surface area contributed by atoms with E-state index in [-0.39, 0.29) is 0 Å². The van der Waals surface area contributed by atoms with Crippen LogP contribution >= 0.6 is 11.3 Å². The summed E-state index contributed by atoms with van der Waals surface area (Å²) in [5.74, 6) is 0.968. The molecule has 0 radical (unpaired) electrons. The average Bonchev–Trinajstić information content (AvgIpc) is 2.83. The van der Waals surface area contributed by atoms with E-state index in [1.807, 2.05) is 11.3 Å². The highest BCUT2D eigenvalue weighted by Gasteiger charge is 2.35. The molecule has 2 rings (SSSR count). The van der Waals surface area contributed by atoms with E-state index >= 15 is 0 Å². The molecule has 1 aliphatic rings. The first-order valence-electron chi connectivity index (χ1n) is 6.00. The van der Waals surface area contributed by atoms with Gasteiger partial charge in [-0.1, -0.05) is 13.3 Å². The fraction of sp³-hybridized carbons (Fsp3) is 0.692. The number of thiophene rings is 1. The second-order valence-electron chi connectivity index (χ2n) is 4.71. The van der Waals surface area contributed by atoms with Gasteiger partial charge in [0.1, 0.15) is 0 Å². The molecule has 1 aromatic rings. The molecule has 0 aliphatic heterocycles. The lowest BCUT2D eigenvalue weighted by atomic mass is 10.2. The summed E-state index contributed by atoms with van der Waals surface area (Å²) in [5, 5.41) is 3.67. The van der Waals surface area contributed by atoms with Crippen molar-refractivity contribution in [2.75, 3.05) is 0 Å². The molecule has 2 unspecified atom stereocenters. The van der Waals surface area contributed by atoms with E-state index in [0.29, 0.717) is 0 Å². The van der Waals surface area contributed by atoms with Crippen LogP contribution in [0.3, 0.4) is 0 Å². The number of hydrogen-bond acceptors (Lipinski definition) is 2. The van der Waals surface area contributed by atoms with Crippen LogP contribution in [0.15, 0.2) is 6.07 Å². The highest BCUT2D eigenvalue weighted by Crippen LogP contribution is 2.35. The highest BCUT2D eigenvalue weighted by atomic mass is 32.1. The zero-order valence-electron chi connectivity index (χ0n) is 9.97. The van der Waals surface area contributed by atoms with Crippen LogP contribution < -0.4 is 5.32 Å². The number of nitrogens with one attached hydrogen (secondary N) is 1. The molecule has 1 heterocycles. The molecule has 1 nitrogen and oxygen atoms in total. The Hall–Kier alpha value is -0.340. The van der Waals surface area contributed by atoms with Crippen molar-refractivity contribution in [2.45, 2.75) is 52.6 Å². The van der Waals surface area contributed by atoms with Crippen molar-refractivity contribution in [3.8, 4) is 0 Å². The molecule has 84 valence electrons. The molecule has 1 saturated carbocycles. The molecule has 15 heavy (non-hydrogen) atoms. The van der Waals surface area contributed by atoms with Gasteiger partial charge in [0.15, 0.2) is 0 Å². The molecule has 1 aliphatic carbocycles. The minimum Gasteiger partial charge on any atom is -0.310 e. The van der Waals surface area contributed by atoms with Gasteiger partial charge in [-0.25, -0.2) is 0 Å². The summed E-state index contributed by atoms with van der Waals surface area (Å²) < 4.78 is 0. The van der Waals surface area contributed by atoms with Gasteiger partial charge >= 0.3 is 0 Å². The lowest BCUT2D eigenvalue weighted by Crippen LogP contribution is -2.17. The van der Waals surface area contributed by atoms with Crippen molar-refractivity contribution in [3.63, 3.8) is 0 Å². The first-order chi connectivity index (χ1) is 7.20. The van der Waals surface area contributed by atoms with E-state index in [1.54, 1.807) is 0 Å². The zero-order chi connectivity index (χ0) is 10.8. The Kier molecular flexibility index (Phi) is 3.47. The number of hydrogen-bond donors (Lipinski definition) is 1. The minimum absolute atomic E-state index is 0.810. The van der Waals surface area contributed by atoms with Crippen LogP contribution in [0.1, 0.15) is 41.5 Å². The molecule has 0 amide bonds. The smallest absolute Gasteiger partial charge is 0.0219 e. The predicted molar refractivity (Wildman–Crippen MR) is 67.4 cm³/mol. The largest absolute Gasteiger partial charge is 0.310 e. The zero-order valence-corrected chi connectivity index (χ0v) is 10.8. The van der Waals surface area contributed by atoms with Gasteiger partial charge in [0.25, 0.3) is 0 Å². The van der Waals surface area contributed by atoms with Crippen LogP contribution in [-0.2, 0) is 6.54 Å². The van der Waals surface area contributed by atoms with Crippen LogP contribution in [-0.4, -0.2) is 6.04 Å². The normalized spacial score (nSPS) is 24.5. The molecule has 1 fully saturated rings. The van der Waals surface area contributed by atoms with Gasteiger partial charge in [-0.05, 0) is 44.2 Å². The molecular formula is C13H21NS. The molecular weight excluding hydrogens is 202 g/mol. The molecule has 2 atom stereocenters. The van der Waals surface area contributed by atoms with Crippen molar-refractivity contribution in [2.24, 2.45) is 5.92 Å². The molecule has 0 spiro atoms. The fourth-order valence-electron chi connectivity index (χ4n) is 2.29. The summed E-state index contributed by atoms with van der Waals surface area (Å²) in [6.45, 7) is 7.77.